The molecule has 1 aromatic rings. The number of rotatable bonds is 5. The highest BCUT2D eigenvalue weighted by atomic mass is 19.1. The third-order valence-electron chi connectivity index (χ3n) is 1.90. The minimum atomic E-state index is -0.522. The van der Waals surface area contributed by atoms with Crippen molar-refractivity contribution in [3.05, 3.63) is 30.1 Å². The lowest BCUT2D eigenvalue weighted by molar-refractivity contribution is -0.122. The molecule has 0 bridgehead atoms. The number of halogens is 1. The van der Waals surface area contributed by atoms with Crippen molar-refractivity contribution in [2.45, 2.75) is 13.0 Å². The molecule has 88 valence electrons. The number of nitrogens with one attached hydrogen (secondary N) is 1. The number of ether oxygens (including phenoxy) is 1. The highest BCUT2D eigenvalue weighted by Crippen LogP contribution is 2.10. The van der Waals surface area contributed by atoms with Gasteiger partial charge in [0.2, 0.25) is 5.91 Å². The van der Waals surface area contributed by atoms with Crippen LogP contribution >= 0.6 is 0 Å². The largest absolute Gasteiger partial charge is 0.492 e. The van der Waals surface area contributed by atoms with E-state index >= 15 is 0 Å². The number of carbonyl (C=O) groups excluding carboxylic acids is 1. The lowest BCUT2D eigenvalue weighted by Crippen LogP contribution is -2.40. The van der Waals surface area contributed by atoms with Crippen LogP contribution in [-0.2, 0) is 4.79 Å². The molecule has 1 unspecified atom stereocenters. The van der Waals surface area contributed by atoms with Gasteiger partial charge in [0.15, 0.2) is 0 Å². The van der Waals surface area contributed by atoms with Crippen LogP contribution < -0.4 is 15.8 Å². The third-order valence-corrected chi connectivity index (χ3v) is 1.90. The van der Waals surface area contributed by atoms with Gasteiger partial charge in [-0.15, -0.1) is 0 Å². The normalized spacial score (nSPS) is 11.9. The summed E-state index contributed by atoms with van der Waals surface area (Å²) in [5, 5.41) is 2.60. The molecule has 5 heteroatoms. The van der Waals surface area contributed by atoms with Crippen molar-refractivity contribution in [1.82, 2.24) is 5.32 Å². The molecule has 1 atom stereocenters. The van der Waals surface area contributed by atoms with E-state index in [0.29, 0.717) is 18.9 Å². The maximum absolute atomic E-state index is 12.5. The average Bonchev–Trinajstić information content (AvgIpc) is 2.26. The molecule has 4 nitrogen and oxygen atoms in total. The van der Waals surface area contributed by atoms with Crippen LogP contribution in [0, 0.1) is 5.82 Å². The Morgan fingerprint density at radius 3 is 2.69 bits per heavy atom. The van der Waals surface area contributed by atoms with Gasteiger partial charge < -0.3 is 15.8 Å². The summed E-state index contributed by atoms with van der Waals surface area (Å²) in [4.78, 5) is 11.1. The van der Waals surface area contributed by atoms with Gasteiger partial charge in [-0.3, -0.25) is 4.79 Å². The Bertz CT molecular complexity index is 338. The van der Waals surface area contributed by atoms with Gasteiger partial charge in [0.1, 0.15) is 18.2 Å². The molecule has 0 aliphatic rings. The van der Waals surface area contributed by atoms with Gasteiger partial charge in [0, 0.05) is 0 Å². The Hall–Kier alpha value is -1.62. The van der Waals surface area contributed by atoms with Crippen LogP contribution in [-0.4, -0.2) is 25.1 Å². The first kappa shape index (κ1) is 12.4. The zero-order valence-corrected chi connectivity index (χ0v) is 9.07. The van der Waals surface area contributed by atoms with Crippen molar-refractivity contribution in [2.24, 2.45) is 5.73 Å². The van der Waals surface area contributed by atoms with Gasteiger partial charge in [-0.2, -0.15) is 0 Å². The molecular weight excluding hydrogens is 211 g/mol. The maximum atomic E-state index is 12.5. The SMILES string of the molecule is CC(N)C(=O)NCCOc1ccc(F)cc1. The first-order valence-corrected chi connectivity index (χ1v) is 5.01. The van der Waals surface area contributed by atoms with Crippen LogP contribution in [0.3, 0.4) is 0 Å². The molecule has 0 saturated carbocycles. The van der Waals surface area contributed by atoms with Gasteiger partial charge in [0.25, 0.3) is 0 Å². The predicted octanol–water partition coefficient (Wildman–Crippen LogP) is 0.668. The van der Waals surface area contributed by atoms with Gasteiger partial charge >= 0.3 is 0 Å². The van der Waals surface area contributed by atoms with E-state index < -0.39 is 6.04 Å². The quantitative estimate of drug-likeness (QED) is 0.725. The minimum Gasteiger partial charge on any atom is -0.492 e. The van der Waals surface area contributed by atoms with Crippen LogP contribution in [0.15, 0.2) is 24.3 Å². The molecule has 0 aromatic heterocycles. The van der Waals surface area contributed by atoms with Crippen molar-refractivity contribution in [1.29, 1.82) is 0 Å². The fourth-order valence-corrected chi connectivity index (χ4v) is 1.03. The van der Waals surface area contributed by atoms with Gasteiger partial charge in [0.05, 0.1) is 12.6 Å². The van der Waals surface area contributed by atoms with Gasteiger partial charge in [-0.05, 0) is 31.2 Å². The minimum absolute atomic E-state index is 0.220. The Labute approximate surface area is 93.6 Å². The van der Waals surface area contributed by atoms with E-state index in [2.05, 4.69) is 5.32 Å². The van der Waals surface area contributed by atoms with Crippen LogP contribution in [0.25, 0.3) is 0 Å². The summed E-state index contributed by atoms with van der Waals surface area (Å²) in [6.07, 6.45) is 0. The van der Waals surface area contributed by atoms with Gasteiger partial charge in [-0.1, -0.05) is 0 Å². The third kappa shape index (κ3) is 4.27. The molecule has 1 rings (SSSR count). The second-order valence-corrected chi connectivity index (χ2v) is 3.38. The van der Waals surface area contributed by atoms with Crippen LogP contribution in [0.5, 0.6) is 5.75 Å². The molecule has 0 saturated heterocycles. The standard InChI is InChI=1S/C11H15FN2O2/c1-8(13)11(15)14-6-7-16-10-4-2-9(12)3-5-10/h2-5,8H,6-7,13H2,1H3,(H,14,15). The summed E-state index contributed by atoms with van der Waals surface area (Å²) in [7, 11) is 0. The highest BCUT2D eigenvalue weighted by molar-refractivity contribution is 5.80. The highest BCUT2D eigenvalue weighted by Gasteiger charge is 2.05. The second-order valence-electron chi connectivity index (χ2n) is 3.38. The Kier molecular flexibility index (Phi) is 4.72. The first-order valence-electron chi connectivity index (χ1n) is 5.01. The van der Waals surface area contributed by atoms with Crippen molar-refractivity contribution < 1.29 is 13.9 Å². The molecule has 3 N–H and O–H groups in total. The molecule has 0 spiro atoms. The lowest BCUT2D eigenvalue weighted by Gasteiger charge is -2.09. The number of hydrogen-bond donors (Lipinski definition) is 2. The molecule has 0 fully saturated rings. The number of hydrogen-bond acceptors (Lipinski definition) is 3. The number of amides is 1. The Morgan fingerprint density at radius 1 is 1.50 bits per heavy atom. The first-order chi connectivity index (χ1) is 7.59. The molecule has 0 aliphatic carbocycles. The monoisotopic (exact) mass is 226 g/mol. The van der Waals surface area contributed by atoms with E-state index in [0.717, 1.165) is 0 Å². The van der Waals surface area contributed by atoms with Crippen molar-refractivity contribution in [2.75, 3.05) is 13.2 Å². The van der Waals surface area contributed by atoms with E-state index in [1.165, 1.54) is 24.3 Å². The topological polar surface area (TPSA) is 64.4 Å². The van der Waals surface area contributed by atoms with E-state index in [1.807, 2.05) is 0 Å². The summed E-state index contributed by atoms with van der Waals surface area (Å²) in [5.74, 6) is 0.0387. The maximum Gasteiger partial charge on any atom is 0.236 e. The number of nitrogens with two attached hydrogens (primary N) is 1. The second kappa shape index (κ2) is 6.07. The van der Waals surface area contributed by atoms with Gasteiger partial charge in [-0.25, -0.2) is 4.39 Å². The van der Waals surface area contributed by atoms with E-state index in [-0.39, 0.29) is 11.7 Å². The molecule has 0 heterocycles. The predicted molar refractivity (Wildman–Crippen MR) is 58.6 cm³/mol. The average molecular weight is 226 g/mol. The summed E-state index contributed by atoms with van der Waals surface area (Å²) in [6, 6.07) is 5.17. The zero-order chi connectivity index (χ0) is 12.0. The smallest absolute Gasteiger partial charge is 0.236 e. The number of carbonyl (C=O) groups is 1. The summed E-state index contributed by atoms with van der Waals surface area (Å²) >= 11 is 0. The molecular formula is C11H15FN2O2. The molecule has 0 radical (unpaired) electrons. The van der Waals surface area contributed by atoms with Crippen LogP contribution in [0.1, 0.15) is 6.92 Å². The Morgan fingerprint density at radius 2 is 2.12 bits per heavy atom. The van der Waals surface area contributed by atoms with Crippen molar-refractivity contribution in [3.8, 4) is 5.75 Å². The van der Waals surface area contributed by atoms with Crippen LogP contribution in [0.4, 0.5) is 4.39 Å². The lowest BCUT2D eigenvalue weighted by atomic mass is 10.3. The zero-order valence-electron chi connectivity index (χ0n) is 9.07. The fourth-order valence-electron chi connectivity index (χ4n) is 1.03. The molecule has 1 aromatic carbocycles. The van der Waals surface area contributed by atoms with E-state index in [4.69, 9.17) is 10.5 Å². The van der Waals surface area contributed by atoms with Crippen molar-refractivity contribution in [3.63, 3.8) is 0 Å². The molecule has 16 heavy (non-hydrogen) atoms. The number of benzene rings is 1. The fraction of sp³-hybridized carbons (Fsp3) is 0.364. The summed E-state index contributed by atoms with van der Waals surface area (Å²) < 4.78 is 17.8. The molecule has 1 amide bonds. The van der Waals surface area contributed by atoms with Crippen molar-refractivity contribution >= 4 is 5.91 Å². The van der Waals surface area contributed by atoms with Crippen LogP contribution in [0.2, 0.25) is 0 Å². The van der Waals surface area contributed by atoms with E-state index in [1.54, 1.807) is 6.92 Å². The molecule has 0 aliphatic heterocycles. The Balaban J connectivity index is 2.21. The summed E-state index contributed by atoms with van der Waals surface area (Å²) in [5.41, 5.74) is 5.35. The van der Waals surface area contributed by atoms with E-state index in [9.17, 15) is 9.18 Å². The summed E-state index contributed by atoms with van der Waals surface area (Å²) in [6.45, 7) is 2.30.